The molecule has 2 unspecified atom stereocenters. The summed E-state index contributed by atoms with van der Waals surface area (Å²) in [6.45, 7) is 7.87. The van der Waals surface area contributed by atoms with E-state index in [9.17, 15) is 9.90 Å². The summed E-state index contributed by atoms with van der Waals surface area (Å²) in [4.78, 5) is 11.2. The van der Waals surface area contributed by atoms with Crippen LogP contribution in [0.2, 0.25) is 0 Å². The van der Waals surface area contributed by atoms with Crippen molar-refractivity contribution in [2.75, 3.05) is 13.1 Å². The van der Waals surface area contributed by atoms with Crippen molar-refractivity contribution < 1.29 is 9.90 Å². The summed E-state index contributed by atoms with van der Waals surface area (Å²) in [5.41, 5.74) is 2.54. The molecule has 1 aliphatic heterocycles. The van der Waals surface area contributed by atoms with Crippen LogP contribution in [0.3, 0.4) is 0 Å². The van der Waals surface area contributed by atoms with Gasteiger partial charge in [0.15, 0.2) is 0 Å². The molecule has 0 saturated carbocycles. The highest BCUT2D eigenvalue weighted by Crippen LogP contribution is 2.30. The fourth-order valence-corrected chi connectivity index (χ4v) is 2.52. The predicted molar refractivity (Wildman–Crippen MR) is 71.9 cm³/mol. The highest BCUT2D eigenvalue weighted by Gasteiger charge is 2.33. The Bertz CT molecular complexity index is 431. The number of hydrogen-bond donors (Lipinski definition) is 2. The van der Waals surface area contributed by atoms with Crippen LogP contribution in [0.15, 0.2) is 24.3 Å². The van der Waals surface area contributed by atoms with Crippen molar-refractivity contribution in [2.24, 2.45) is 5.92 Å². The van der Waals surface area contributed by atoms with Crippen molar-refractivity contribution in [2.45, 2.75) is 32.1 Å². The molecule has 0 spiro atoms. The molecule has 0 amide bonds. The summed E-state index contributed by atoms with van der Waals surface area (Å²) in [5.74, 6) is -0.910. The summed E-state index contributed by atoms with van der Waals surface area (Å²) in [6, 6.07) is 8.39. The molecular formula is C15H21NO2. The number of aliphatic carboxylic acids is 1. The van der Waals surface area contributed by atoms with E-state index in [1.54, 1.807) is 0 Å². The first-order valence-corrected chi connectivity index (χ1v) is 6.43. The van der Waals surface area contributed by atoms with Crippen molar-refractivity contribution in [3.63, 3.8) is 0 Å². The van der Waals surface area contributed by atoms with Gasteiger partial charge in [-0.05, 0) is 16.5 Å². The van der Waals surface area contributed by atoms with Gasteiger partial charge in [-0.2, -0.15) is 0 Å². The van der Waals surface area contributed by atoms with E-state index in [0.29, 0.717) is 6.54 Å². The minimum Gasteiger partial charge on any atom is -0.481 e. The van der Waals surface area contributed by atoms with Gasteiger partial charge < -0.3 is 10.4 Å². The number of rotatable bonds is 2. The molecule has 1 aromatic carbocycles. The van der Waals surface area contributed by atoms with E-state index < -0.39 is 5.97 Å². The molecular weight excluding hydrogens is 226 g/mol. The third kappa shape index (κ3) is 2.56. The standard InChI is InChI=1S/C15H21NO2/c1-15(2,3)11-6-4-10(5-7-11)12-8-16-9-13(12)14(17)18/h4-7,12-13,16H,8-9H2,1-3H3,(H,17,18). The van der Waals surface area contributed by atoms with Crippen LogP contribution in [0.1, 0.15) is 37.8 Å². The van der Waals surface area contributed by atoms with Gasteiger partial charge in [0.1, 0.15) is 0 Å². The van der Waals surface area contributed by atoms with E-state index in [0.717, 1.165) is 12.1 Å². The molecule has 2 N–H and O–H groups in total. The second-order valence-corrected chi connectivity index (χ2v) is 6.08. The molecule has 18 heavy (non-hydrogen) atoms. The monoisotopic (exact) mass is 247 g/mol. The van der Waals surface area contributed by atoms with Gasteiger partial charge in [0, 0.05) is 19.0 Å². The van der Waals surface area contributed by atoms with Crippen LogP contribution in [0.4, 0.5) is 0 Å². The summed E-state index contributed by atoms with van der Waals surface area (Å²) in [6.07, 6.45) is 0. The molecule has 3 heteroatoms. The Labute approximate surface area is 108 Å². The number of hydrogen-bond acceptors (Lipinski definition) is 2. The van der Waals surface area contributed by atoms with E-state index in [-0.39, 0.29) is 17.3 Å². The Balaban J connectivity index is 2.22. The maximum Gasteiger partial charge on any atom is 0.308 e. The zero-order valence-corrected chi connectivity index (χ0v) is 11.2. The molecule has 1 aliphatic rings. The van der Waals surface area contributed by atoms with E-state index >= 15 is 0 Å². The largest absolute Gasteiger partial charge is 0.481 e. The van der Waals surface area contributed by atoms with Gasteiger partial charge in [0.2, 0.25) is 0 Å². The molecule has 0 radical (unpaired) electrons. The average Bonchev–Trinajstić information content (AvgIpc) is 2.77. The van der Waals surface area contributed by atoms with Crippen molar-refractivity contribution in [3.05, 3.63) is 35.4 Å². The van der Waals surface area contributed by atoms with Gasteiger partial charge in [-0.25, -0.2) is 0 Å². The predicted octanol–water partition coefficient (Wildman–Crippen LogP) is 2.37. The molecule has 3 nitrogen and oxygen atoms in total. The fraction of sp³-hybridized carbons (Fsp3) is 0.533. The fourth-order valence-electron chi connectivity index (χ4n) is 2.52. The zero-order chi connectivity index (χ0) is 13.3. The molecule has 0 bridgehead atoms. The minimum absolute atomic E-state index is 0.0940. The second kappa shape index (κ2) is 4.73. The van der Waals surface area contributed by atoms with Gasteiger partial charge in [-0.15, -0.1) is 0 Å². The number of nitrogens with one attached hydrogen (secondary N) is 1. The number of carboxylic acids is 1. The summed E-state index contributed by atoms with van der Waals surface area (Å²) < 4.78 is 0. The molecule has 1 saturated heterocycles. The van der Waals surface area contributed by atoms with Crippen molar-refractivity contribution in [3.8, 4) is 0 Å². The maximum atomic E-state index is 11.2. The van der Waals surface area contributed by atoms with E-state index in [2.05, 4.69) is 50.4 Å². The molecule has 2 rings (SSSR count). The lowest BCUT2D eigenvalue weighted by Crippen LogP contribution is -2.21. The molecule has 1 aromatic rings. The van der Waals surface area contributed by atoms with Crippen LogP contribution < -0.4 is 5.32 Å². The lowest BCUT2D eigenvalue weighted by atomic mass is 9.84. The van der Waals surface area contributed by atoms with Gasteiger partial charge in [-0.1, -0.05) is 45.0 Å². The lowest BCUT2D eigenvalue weighted by molar-refractivity contribution is -0.141. The van der Waals surface area contributed by atoms with Gasteiger partial charge in [0.25, 0.3) is 0 Å². The van der Waals surface area contributed by atoms with Crippen molar-refractivity contribution >= 4 is 5.97 Å². The quantitative estimate of drug-likeness (QED) is 0.843. The third-order valence-electron chi connectivity index (χ3n) is 3.74. The molecule has 0 aromatic heterocycles. The van der Waals surface area contributed by atoms with Gasteiger partial charge in [0.05, 0.1) is 5.92 Å². The summed E-state index contributed by atoms with van der Waals surface area (Å²) >= 11 is 0. The third-order valence-corrected chi connectivity index (χ3v) is 3.74. The number of benzene rings is 1. The van der Waals surface area contributed by atoms with Crippen LogP contribution in [-0.4, -0.2) is 24.2 Å². The second-order valence-electron chi connectivity index (χ2n) is 6.08. The highest BCUT2D eigenvalue weighted by atomic mass is 16.4. The number of carboxylic acid groups (broad SMARTS) is 1. The van der Waals surface area contributed by atoms with E-state index in [1.165, 1.54) is 5.56 Å². The lowest BCUT2D eigenvalue weighted by Gasteiger charge is -2.21. The molecule has 1 heterocycles. The van der Waals surface area contributed by atoms with Gasteiger partial charge in [-0.3, -0.25) is 4.79 Å². The Hall–Kier alpha value is -1.35. The van der Waals surface area contributed by atoms with E-state index in [1.807, 2.05) is 0 Å². The first kappa shape index (κ1) is 13.1. The Morgan fingerprint density at radius 3 is 2.33 bits per heavy atom. The first-order valence-electron chi connectivity index (χ1n) is 6.43. The summed E-state index contributed by atoms with van der Waals surface area (Å²) in [7, 11) is 0. The smallest absolute Gasteiger partial charge is 0.308 e. The van der Waals surface area contributed by atoms with Crippen molar-refractivity contribution in [1.82, 2.24) is 5.32 Å². The molecule has 98 valence electrons. The minimum atomic E-state index is -0.704. The van der Waals surface area contributed by atoms with Crippen LogP contribution in [0.25, 0.3) is 0 Å². The number of carbonyl (C=O) groups is 1. The van der Waals surface area contributed by atoms with Crippen LogP contribution >= 0.6 is 0 Å². The molecule has 2 atom stereocenters. The summed E-state index contributed by atoms with van der Waals surface area (Å²) in [5, 5.41) is 12.4. The molecule has 0 aliphatic carbocycles. The zero-order valence-electron chi connectivity index (χ0n) is 11.2. The highest BCUT2D eigenvalue weighted by molar-refractivity contribution is 5.72. The maximum absolute atomic E-state index is 11.2. The van der Waals surface area contributed by atoms with Gasteiger partial charge >= 0.3 is 5.97 Å². The van der Waals surface area contributed by atoms with E-state index in [4.69, 9.17) is 0 Å². The van der Waals surface area contributed by atoms with Crippen LogP contribution in [0.5, 0.6) is 0 Å². The SMILES string of the molecule is CC(C)(C)c1ccc(C2CNCC2C(=O)O)cc1. The Morgan fingerprint density at radius 1 is 1.22 bits per heavy atom. The topological polar surface area (TPSA) is 49.3 Å². The Morgan fingerprint density at radius 2 is 1.83 bits per heavy atom. The normalized spacial score (nSPS) is 24.2. The molecule has 1 fully saturated rings. The first-order chi connectivity index (χ1) is 8.39. The van der Waals surface area contributed by atoms with Crippen LogP contribution in [0, 0.1) is 5.92 Å². The van der Waals surface area contributed by atoms with Crippen LogP contribution in [-0.2, 0) is 10.2 Å². The van der Waals surface area contributed by atoms with Crippen molar-refractivity contribution in [1.29, 1.82) is 0 Å². The Kier molecular flexibility index (Phi) is 3.44. The average molecular weight is 247 g/mol.